The molecule has 5 aliphatic carbocycles. The monoisotopic (exact) mass is 802 g/mol. The first-order valence-electron chi connectivity index (χ1n) is 19.0. The van der Waals surface area contributed by atoms with Crippen molar-refractivity contribution in [3.63, 3.8) is 0 Å². The number of aliphatic hydroxyl groups excluding tert-OH is 1. The number of hydrogen-bond acceptors (Lipinski definition) is 18. The Morgan fingerprint density at radius 1 is 0.947 bits per heavy atom. The summed E-state index contributed by atoms with van der Waals surface area (Å²) >= 11 is 0. The summed E-state index contributed by atoms with van der Waals surface area (Å²) in [6.45, 7) is 11.1. The molecule has 16 unspecified atom stereocenters. The van der Waals surface area contributed by atoms with E-state index in [2.05, 4.69) is 0 Å². The van der Waals surface area contributed by atoms with Gasteiger partial charge in [-0.15, -0.1) is 0 Å². The maximum absolute atomic E-state index is 14.6. The van der Waals surface area contributed by atoms with Crippen LogP contribution in [0.25, 0.3) is 0 Å². The zero-order chi connectivity index (χ0) is 41.5. The van der Waals surface area contributed by atoms with Crippen LogP contribution in [0.4, 0.5) is 0 Å². The zero-order valence-electron chi connectivity index (χ0n) is 32.9. The predicted molar refractivity (Wildman–Crippen MR) is 180 cm³/mol. The molecule has 1 spiro atoms. The molecular formula is C39H46O18. The highest BCUT2D eigenvalue weighted by molar-refractivity contribution is 5.84. The van der Waals surface area contributed by atoms with E-state index in [1.807, 2.05) is 0 Å². The van der Waals surface area contributed by atoms with Gasteiger partial charge in [-0.25, -0.2) is 4.79 Å². The first-order chi connectivity index (χ1) is 26.5. The first kappa shape index (κ1) is 38.4. The minimum atomic E-state index is -2.43. The number of methoxy groups -OCH3 is 1. The fraction of sp³-hybridized carbons (Fsp3) is 0.744. The molecule has 0 radical (unpaired) electrons. The van der Waals surface area contributed by atoms with Gasteiger partial charge in [0.05, 0.1) is 36.4 Å². The second-order valence-corrected chi connectivity index (χ2v) is 18.0. The van der Waals surface area contributed by atoms with E-state index in [9.17, 15) is 39.0 Å². The molecule has 3 saturated heterocycles. The van der Waals surface area contributed by atoms with E-state index in [0.717, 1.165) is 20.8 Å². The van der Waals surface area contributed by atoms with E-state index >= 15 is 0 Å². The van der Waals surface area contributed by atoms with Crippen molar-refractivity contribution in [1.82, 2.24) is 0 Å². The Kier molecular flexibility index (Phi) is 7.37. The lowest BCUT2D eigenvalue weighted by Crippen LogP contribution is -2.97. The Hall–Kier alpha value is -4.10. The summed E-state index contributed by atoms with van der Waals surface area (Å²) in [5, 5.41) is 27.4. The van der Waals surface area contributed by atoms with Gasteiger partial charge in [0.1, 0.15) is 41.2 Å². The van der Waals surface area contributed by atoms with Crippen molar-refractivity contribution in [2.45, 2.75) is 140 Å². The molecule has 0 aromatic carbocycles. The number of carbonyl (C=O) groups is 6. The largest absolute Gasteiger partial charge is 0.472 e. The average Bonchev–Trinajstić information content (AvgIpc) is 3.47. The third kappa shape index (κ3) is 3.70. The molecule has 4 bridgehead atoms. The van der Waals surface area contributed by atoms with Crippen molar-refractivity contribution >= 4 is 35.8 Å². The van der Waals surface area contributed by atoms with Gasteiger partial charge in [0.15, 0.2) is 6.10 Å². The molecule has 310 valence electrons. The van der Waals surface area contributed by atoms with Crippen LogP contribution in [0.5, 0.6) is 0 Å². The van der Waals surface area contributed by atoms with E-state index in [1.54, 1.807) is 27.7 Å². The number of carbonyl (C=O) groups excluding carboxylic acids is 6. The molecule has 2 N–H and O–H groups in total. The van der Waals surface area contributed by atoms with Gasteiger partial charge in [-0.2, -0.15) is 0 Å². The maximum atomic E-state index is 14.6. The number of ether oxygens (including phenoxy) is 9. The van der Waals surface area contributed by atoms with Crippen molar-refractivity contribution in [2.24, 2.45) is 33.5 Å². The SMILES string of the molecule is COC(=O)CC1C2(C)CC3(O)C(OC(=O)C(C)C)(C2OC(C)=O)C2OC4(C)OC5(C(O)C(OC(C)=O)C67CC6(C(OC(C)=O)C(=O)OC7c6ccoc6)C25O4)C13C. The van der Waals surface area contributed by atoms with Crippen LogP contribution in [0.2, 0.25) is 0 Å². The number of rotatable bonds is 8. The summed E-state index contributed by atoms with van der Waals surface area (Å²) < 4.78 is 62.4. The maximum Gasteiger partial charge on any atom is 0.348 e. The van der Waals surface area contributed by atoms with Crippen molar-refractivity contribution < 1.29 is 86.0 Å². The smallest absolute Gasteiger partial charge is 0.348 e. The van der Waals surface area contributed by atoms with Gasteiger partial charge >= 0.3 is 35.8 Å². The quantitative estimate of drug-likeness (QED) is 0.278. The molecule has 8 aliphatic rings. The van der Waals surface area contributed by atoms with Gasteiger partial charge in [0, 0.05) is 50.5 Å². The van der Waals surface area contributed by atoms with Crippen LogP contribution in [0.15, 0.2) is 23.0 Å². The molecule has 18 heteroatoms. The number of esters is 6. The molecule has 1 aromatic rings. The molecule has 57 heavy (non-hydrogen) atoms. The van der Waals surface area contributed by atoms with Crippen LogP contribution in [0.1, 0.15) is 86.3 Å². The Bertz CT molecular complexity index is 2030. The third-order valence-electron chi connectivity index (χ3n) is 15.3. The van der Waals surface area contributed by atoms with E-state index < -0.39 is 141 Å². The molecular weight excluding hydrogens is 756 g/mol. The predicted octanol–water partition coefficient (Wildman–Crippen LogP) is 1.31. The summed E-state index contributed by atoms with van der Waals surface area (Å²) in [5.74, 6) is -9.40. The molecule has 4 heterocycles. The highest BCUT2D eigenvalue weighted by atomic mass is 17.0. The standard InChI is InChI=1S/C39H46O18/c1-16(2)27(45)54-37-29(52-19(5)42)31(6)14-36(37,47)32(7,21(31)12-22(43)48-9)38-23(44)25(50-17(3)40)34-15-35(34,39(38)30(37)55-33(8,56-38)57-39)26(51-18(4)41)28(46)53-24(34)20-10-11-49-13-20/h10-11,13,16,21,23-26,29-30,44,47H,12,14-15H2,1-9H3. The van der Waals surface area contributed by atoms with Crippen LogP contribution < -0.4 is 0 Å². The molecule has 16 atom stereocenters. The number of aliphatic hydroxyl groups is 2. The topological polar surface area (TPSA) is 239 Å². The van der Waals surface area contributed by atoms with Gasteiger partial charge < -0.3 is 57.3 Å². The van der Waals surface area contributed by atoms with Crippen LogP contribution in [0.3, 0.4) is 0 Å². The minimum Gasteiger partial charge on any atom is -0.472 e. The van der Waals surface area contributed by atoms with Crippen molar-refractivity contribution in [1.29, 1.82) is 0 Å². The van der Waals surface area contributed by atoms with E-state index in [-0.39, 0.29) is 18.4 Å². The highest BCUT2D eigenvalue weighted by Gasteiger charge is 3.11. The van der Waals surface area contributed by atoms with Crippen LogP contribution in [-0.2, 0) is 71.4 Å². The number of hydrogen-bond donors (Lipinski definition) is 2. The third-order valence-corrected chi connectivity index (χ3v) is 15.3. The molecule has 5 saturated carbocycles. The summed E-state index contributed by atoms with van der Waals surface area (Å²) in [7, 11) is 1.17. The lowest BCUT2D eigenvalue weighted by atomic mass is 9.33. The molecule has 1 aromatic heterocycles. The van der Waals surface area contributed by atoms with E-state index in [0.29, 0.717) is 0 Å². The second kappa shape index (κ2) is 10.9. The summed E-state index contributed by atoms with van der Waals surface area (Å²) in [5.41, 5.74) is -16.4. The van der Waals surface area contributed by atoms with Crippen molar-refractivity contribution in [2.75, 3.05) is 7.11 Å². The Labute approximate surface area is 326 Å². The minimum absolute atomic E-state index is 0.241. The molecule has 0 amide bonds. The lowest BCUT2D eigenvalue weighted by molar-refractivity contribution is -0.470. The van der Waals surface area contributed by atoms with Gasteiger partial charge in [0.2, 0.25) is 11.7 Å². The van der Waals surface area contributed by atoms with E-state index in [4.69, 9.17) is 47.0 Å². The molecule has 18 nitrogen and oxygen atoms in total. The van der Waals surface area contributed by atoms with Gasteiger partial charge in [-0.3, -0.25) is 24.0 Å². The lowest BCUT2D eigenvalue weighted by Gasteiger charge is -2.77. The highest BCUT2D eigenvalue weighted by Crippen LogP contribution is 2.96. The number of fused-ring (bicyclic) bond motifs is 3. The van der Waals surface area contributed by atoms with Gasteiger partial charge in [0.25, 0.3) is 5.97 Å². The van der Waals surface area contributed by atoms with Gasteiger partial charge in [-0.05, 0) is 24.8 Å². The Morgan fingerprint density at radius 2 is 1.60 bits per heavy atom. The second-order valence-electron chi connectivity index (χ2n) is 18.0. The Morgan fingerprint density at radius 3 is 2.18 bits per heavy atom. The number of cyclic esters (lactones) is 1. The fourth-order valence-electron chi connectivity index (χ4n) is 14.0. The van der Waals surface area contributed by atoms with Crippen LogP contribution in [0, 0.1) is 33.5 Å². The average molecular weight is 803 g/mol. The van der Waals surface area contributed by atoms with Crippen LogP contribution >= 0.6 is 0 Å². The molecule has 8 fully saturated rings. The molecule has 3 aliphatic heterocycles. The van der Waals surface area contributed by atoms with Crippen LogP contribution in [-0.4, -0.2) is 112 Å². The normalized spacial score (nSPS) is 51.2. The first-order valence-corrected chi connectivity index (χ1v) is 19.0. The van der Waals surface area contributed by atoms with Crippen molar-refractivity contribution in [3.8, 4) is 0 Å². The zero-order valence-corrected chi connectivity index (χ0v) is 32.9. The summed E-state index contributed by atoms with van der Waals surface area (Å²) in [6, 6.07) is 1.52. The fourth-order valence-corrected chi connectivity index (χ4v) is 14.0. The summed E-state index contributed by atoms with van der Waals surface area (Å²) in [6.07, 6.45) is -8.61. The Balaban J connectivity index is 1.45. The molecule has 9 rings (SSSR count). The van der Waals surface area contributed by atoms with Gasteiger partial charge in [-0.1, -0.05) is 27.7 Å². The van der Waals surface area contributed by atoms with E-state index in [1.165, 1.54) is 32.6 Å². The van der Waals surface area contributed by atoms with Crippen molar-refractivity contribution in [3.05, 3.63) is 24.2 Å². The number of furan rings is 1. The summed E-state index contributed by atoms with van der Waals surface area (Å²) in [4.78, 5) is 82.0.